The molecule has 2 fully saturated rings. The number of thiazole rings is 1. The van der Waals surface area contributed by atoms with Crippen molar-refractivity contribution in [2.24, 2.45) is 0 Å². The fourth-order valence-electron chi connectivity index (χ4n) is 6.39. The third-order valence-electron chi connectivity index (χ3n) is 9.96. The number of nitrogens with one attached hydrogen (secondary N) is 1. The summed E-state index contributed by atoms with van der Waals surface area (Å²) in [7, 11) is -1.98. The molecule has 2 atom stereocenters. The Bertz CT molecular complexity index is 1480. The molecule has 0 spiro atoms. The third-order valence-corrected chi connectivity index (χ3v) is 17.5. The minimum absolute atomic E-state index is 0.0519. The number of benzene rings is 2. The molecule has 2 aliphatic heterocycles. The van der Waals surface area contributed by atoms with E-state index in [0.29, 0.717) is 28.2 Å². The van der Waals surface area contributed by atoms with Crippen LogP contribution >= 0.6 is 22.9 Å². The molecule has 41 heavy (non-hydrogen) atoms. The van der Waals surface area contributed by atoms with Crippen LogP contribution in [0.1, 0.15) is 56.0 Å². The summed E-state index contributed by atoms with van der Waals surface area (Å²) in [4.78, 5) is 21.1. The quantitative estimate of drug-likeness (QED) is 0.277. The minimum Gasteiger partial charge on any atom is -0.454 e. The van der Waals surface area contributed by atoms with Gasteiger partial charge in [0.2, 0.25) is 12.7 Å². The van der Waals surface area contributed by atoms with Crippen LogP contribution in [0.2, 0.25) is 28.7 Å². The first-order valence-electron chi connectivity index (χ1n) is 14.2. The first-order valence-corrected chi connectivity index (χ1v) is 18.5. The molecule has 1 saturated carbocycles. The second-order valence-electron chi connectivity index (χ2n) is 13.2. The van der Waals surface area contributed by atoms with Crippen LogP contribution in [0.5, 0.6) is 11.5 Å². The smallest absolute Gasteiger partial charge is 0.236 e. The highest BCUT2D eigenvalue weighted by atomic mass is 35.5. The van der Waals surface area contributed by atoms with Crippen molar-refractivity contribution in [3.8, 4) is 11.5 Å². The van der Waals surface area contributed by atoms with Gasteiger partial charge in [-0.05, 0) is 48.1 Å². The van der Waals surface area contributed by atoms with Gasteiger partial charge in [-0.2, -0.15) is 0 Å². The number of fused-ring (bicyclic) bond motifs is 1. The van der Waals surface area contributed by atoms with Gasteiger partial charge in [0, 0.05) is 40.3 Å². The second-order valence-corrected chi connectivity index (χ2v) is 20.3. The lowest BCUT2D eigenvalue weighted by atomic mass is 9.94. The van der Waals surface area contributed by atoms with Gasteiger partial charge in [0.25, 0.3) is 0 Å². The van der Waals surface area contributed by atoms with E-state index in [1.807, 2.05) is 48.7 Å². The third kappa shape index (κ3) is 4.79. The minimum atomic E-state index is -1.98. The number of amides is 1. The van der Waals surface area contributed by atoms with Gasteiger partial charge in [0.15, 0.2) is 16.6 Å². The number of hydrogen-bond donors (Lipinski definition) is 2. The summed E-state index contributed by atoms with van der Waals surface area (Å²) in [6, 6.07) is 13.4. The predicted octanol–water partition coefficient (Wildman–Crippen LogP) is 7.13. The lowest BCUT2D eigenvalue weighted by molar-refractivity contribution is -0.118. The summed E-state index contributed by atoms with van der Waals surface area (Å²) in [5, 5.41) is 17.0. The SMILES string of the molecule is CC(C)(C)[Si](C)(C)[C@@H]1CCN(Cc2cnc(NC(=O)C3(c4ccc5c(c4)OCO5)CC3)s2)[C@]1(O)c1ccccc1Cl. The zero-order valence-electron chi connectivity index (χ0n) is 24.3. The summed E-state index contributed by atoms with van der Waals surface area (Å²) in [5.41, 5.74) is 0.0497. The molecule has 0 unspecified atom stereocenters. The molecule has 3 aliphatic rings. The Morgan fingerprint density at radius 3 is 2.63 bits per heavy atom. The Morgan fingerprint density at radius 1 is 1.20 bits per heavy atom. The van der Waals surface area contributed by atoms with Crippen LogP contribution < -0.4 is 14.8 Å². The lowest BCUT2D eigenvalue weighted by Gasteiger charge is -2.49. The fourth-order valence-corrected chi connectivity index (χ4v) is 10.7. The van der Waals surface area contributed by atoms with Crippen molar-refractivity contribution in [2.75, 3.05) is 18.7 Å². The van der Waals surface area contributed by atoms with Crippen LogP contribution in [-0.2, 0) is 22.5 Å². The standard InChI is InChI=1S/C31H38ClN3O4SSi/c1-29(2,3)41(4,5)26-12-15-35(31(26,37)22-8-6-7-9-23(22)32)18-21-17-33-28(40-21)34-27(36)30(13-14-30)20-10-11-24-25(16-20)39-19-38-24/h6-11,16-17,26,37H,12-15,18-19H2,1-5H3,(H,33,34,36)/t26-,31+/m1/s1. The molecule has 10 heteroatoms. The van der Waals surface area contributed by atoms with Crippen molar-refractivity contribution in [2.45, 2.75) is 81.4 Å². The molecule has 2 N–H and O–H groups in total. The van der Waals surface area contributed by atoms with Gasteiger partial charge in [-0.3, -0.25) is 9.69 Å². The number of nitrogens with zero attached hydrogens (tertiary/aromatic N) is 2. The summed E-state index contributed by atoms with van der Waals surface area (Å²) in [6.45, 7) is 13.1. The molecule has 0 radical (unpaired) electrons. The first-order chi connectivity index (χ1) is 19.4. The molecule has 7 nitrogen and oxygen atoms in total. The molecule has 0 bridgehead atoms. The zero-order valence-corrected chi connectivity index (χ0v) is 26.9. The van der Waals surface area contributed by atoms with E-state index in [0.717, 1.165) is 41.8 Å². The van der Waals surface area contributed by atoms with Crippen molar-refractivity contribution < 1.29 is 19.4 Å². The summed E-state index contributed by atoms with van der Waals surface area (Å²) in [5.74, 6) is 1.35. The molecule has 3 aromatic rings. The number of aliphatic hydroxyl groups is 1. The molecule has 3 heterocycles. The number of anilines is 1. The van der Waals surface area contributed by atoms with E-state index in [2.05, 4.69) is 49.1 Å². The van der Waals surface area contributed by atoms with E-state index < -0.39 is 19.2 Å². The van der Waals surface area contributed by atoms with Crippen molar-refractivity contribution in [1.82, 2.24) is 9.88 Å². The van der Waals surface area contributed by atoms with Gasteiger partial charge >= 0.3 is 0 Å². The van der Waals surface area contributed by atoms with Gasteiger partial charge in [-0.15, -0.1) is 11.3 Å². The molecule has 1 saturated heterocycles. The molecule has 1 amide bonds. The first kappa shape index (κ1) is 28.7. The highest BCUT2D eigenvalue weighted by Gasteiger charge is 2.58. The van der Waals surface area contributed by atoms with Gasteiger partial charge < -0.3 is 19.9 Å². The van der Waals surface area contributed by atoms with Gasteiger partial charge in [0.1, 0.15) is 5.72 Å². The highest BCUT2D eigenvalue weighted by Crippen LogP contribution is 2.58. The predicted molar refractivity (Wildman–Crippen MR) is 166 cm³/mol. The largest absolute Gasteiger partial charge is 0.454 e. The van der Waals surface area contributed by atoms with Crippen molar-refractivity contribution in [3.63, 3.8) is 0 Å². The van der Waals surface area contributed by atoms with Crippen molar-refractivity contribution in [3.05, 3.63) is 69.7 Å². The van der Waals surface area contributed by atoms with E-state index in [4.69, 9.17) is 21.1 Å². The second kappa shape index (κ2) is 10.1. The number of likely N-dealkylation sites (tertiary alicyclic amines) is 1. The average Bonchev–Trinajstić information content (AvgIpc) is 3.22. The lowest BCUT2D eigenvalue weighted by Crippen LogP contribution is -2.53. The molecule has 218 valence electrons. The molecular formula is C31H38ClN3O4SSi. The van der Waals surface area contributed by atoms with Gasteiger partial charge in [0.05, 0.1) is 13.5 Å². The monoisotopic (exact) mass is 611 g/mol. The van der Waals surface area contributed by atoms with Crippen LogP contribution in [0.15, 0.2) is 48.7 Å². The van der Waals surface area contributed by atoms with E-state index in [9.17, 15) is 9.90 Å². The van der Waals surface area contributed by atoms with Crippen LogP contribution in [0.3, 0.4) is 0 Å². The normalized spacial score (nSPS) is 23.5. The maximum atomic E-state index is 13.4. The van der Waals surface area contributed by atoms with E-state index in [-0.39, 0.29) is 23.3 Å². The maximum absolute atomic E-state index is 13.4. The van der Waals surface area contributed by atoms with Gasteiger partial charge in [-0.25, -0.2) is 4.98 Å². The Balaban J connectivity index is 1.23. The van der Waals surface area contributed by atoms with Crippen LogP contribution in [0.4, 0.5) is 5.13 Å². The van der Waals surface area contributed by atoms with Crippen molar-refractivity contribution >= 4 is 42.1 Å². The fraction of sp³-hybridized carbons (Fsp3) is 0.484. The van der Waals surface area contributed by atoms with E-state index in [1.54, 1.807) is 0 Å². The van der Waals surface area contributed by atoms with E-state index >= 15 is 0 Å². The van der Waals surface area contributed by atoms with Crippen molar-refractivity contribution in [1.29, 1.82) is 0 Å². The Morgan fingerprint density at radius 2 is 1.93 bits per heavy atom. The summed E-state index contributed by atoms with van der Waals surface area (Å²) < 4.78 is 11.0. The number of aromatic nitrogens is 1. The molecule has 6 rings (SSSR count). The zero-order chi connectivity index (χ0) is 29.2. The number of ether oxygens (including phenoxy) is 2. The van der Waals surface area contributed by atoms with Crippen LogP contribution in [0, 0.1) is 0 Å². The van der Waals surface area contributed by atoms with Gasteiger partial charge in [-0.1, -0.05) is 69.7 Å². The molecular weight excluding hydrogens is 574 g/mol. The van der Waals surface area contributed by atoms with Crippen LogP contribution in [0.25, 0.3) is 0 Å². The number of hydrogen-bond acceptors (Lipinski definition) is 7. The highest BCUT2D eigenvalue weighted by molar-refractivity contribution is 7.15. The van der Waals surface area contributed by atoms with Crippen LogP contribution in [-0.4, -0.2) is 42.3 Å². The topological polar surface area (TPSA) is 83.9 Å². The number of halogens is 1. The molecule has 2 aromatic carbocycles. The Hall–Kier alpha value is -2.43. The average molecular weight is 612 g/mol. The number of carbonyl (C=O) groups is 1. The van der Waals surface area contributed by atoms with E-state index in [1.165, 1.54) is 11.3 Å². The Labute approximate surface area is 251 Å². The number of carbonyl (C=O) groups excluding carboxylic acids is 1. The molecule has 1 aliphatic carbocycles. The summed E-state index contributed by atoms with van der Waals surface area (Å²) >= 11 is 8.20. The Kier molecular flexibility index (Phi) is 7.06. The maximum Gasteiger partial charge on any atom is 0.236 e. The number of rotatable bonds is 7. The summed E-state index contributed by atoms with van der Waals surface area (Å²) in [6.07, 6.45) is 4.28. The molecule has 1 aromatic heterocycles.